The van der Waals surface area contributed by atoms with Crippen LogP contribution in [0.3, 0.4) is 0 Å². The van der Waals surface area contributed by atoms with Crippen molar-refractivity contribution in [3.8, 4) is 0 Å². The van der Waals surface area contributed by atoms with E-state index in [2.05, 4.69) is 0 Å². The monoisotopic (exact) mass is 258 g/mol. The van der Waals surface area contributed by atoms with Gasteiger partial charge in [0, 0.05) is 11.1 Å². The highest BCUT2D eigenvalue weighted by molar-refractivity contribution is 6.08. The van der Waals surface area contributed by atoms with Gasteiger partial charge >= 0.3 is 6.16 Å². The van der Waals surface area contributed by atoms with Gasteiger partial charge in [0.05, 0.1) is 0 Å². The molecule has 0 atom stereocenters. The van der Waals surface area contributed by atoms with Gasteiger partial charge in [0.2, 0.25) is 0 Å². The summed E-state index contributed by atoms with van der Waals surface area (Å²) in [6.07, 6.45) is -1.83. The van der Waals surface area contributed by atoms with Crippen LogP contribution in [0.1, 0.15) is 21.5 Å². The average molecular weight is 258 g/mol. The molecule has 0 saturated carbocycles. The van der Waals surface area contributed by atoms with Crippen LogP contribution in [0.4, 0.5) is 4.79 Å². The molecular weight excluding hydrogens is 244 g/mol. The van der Waals surface area contributed by atoms with E-state index in [-0.39, 0.29) is 5.78 Å². The smallest absolute Gasteiger partial charge is 0.450 e. The summed E-state index contributed by atoms with van der Waals surface area (Å²) in [7, 11) is 0. The van der Waals surface area contributed by atoms with Crippen LogP contribution in [0.2, 0.25) is 0 Å². The number of aryl methyl sites for hydroxylation is 1. The fraction of sp³-hybridized carbons (Fsp3) is 0.0667. The summed E-state index contributed by atoms with van der Waals surface area (Å²) in [4.78, 5) is 20.5. The van der Waals surface area contributed by atoms with E-state index in [9.17, 15) is 4.79 Å². The normalized spacial score (nSPS) is 9.11. The van der Waals surface area contributed by atoms with Gasteiger partial charge in [0.1, 0.15) is 0 Å². The molecular formula is C15H14O4. The fourth-order valence-electron chi connectivity index (χ4n) is 1.46. The van der Waals surface area contributed by atoms with E-state index in [0.717, 1.165) is 11.1 Å². The van der Waals surface area contributed by atoms with E-state index in [1.807, 2.05) is 61.5 Å². The minimum atomic E-state index is -1.83. The van der Waals surface area contributed by atoms with Crippen LogP contribution < -0.4 is 0 Å². The van der Waals surface area contributed by atoms with Gasteiger partial charge in [-0.25, -0.2) is 4.79 Å². The van der Waals surface area contributed by atoms with Crippen LogP contribution in [0, 0.1) is 6.92 Å². The zero-order valence-corrected chi connectivity index (χ0v) is 10.4. The first-order chi connectivity index (χ1) is 9.00. The van der Waals surface area contributed by atoms with Crippen molar-refractivity contribution in [1.82, 2.24) is 0 Å². The number of carbonyl (C=O) groups excluding carboxylic acids is 1. The maximum atomic E-state index is 12.0. The standard InChI is InChI=1S/C14H12O.CH2O3/c1-11-7-9-13(10-8-11)14(15)12-5-3-2-4-6-12;2-1(3)4/h2-10H,1H3;(H2,2,3,4). The summed E-state index contributed by atoms with van der Waals surface area (Å²) in [6.45, 7) is 2.01. The quantitative estimate of drug-likeness (QED) is 0.809. The Balaban J connectivity index is 0.000000399. The number of benzene rings is 2. The molecule has 2 N–H and O–H groups in total. The Hall–Kier alpha value is -2.62. The van der Waals surface area contributed by atoms with Crippen molar-refractivity contribution < 1.29 is 19.8 Å². The van der Waals surface area contributed by atoms with E-state index < -0.39 is 6.16 Å². The van der Waals surface area contributed by atoms with Crippen molar-refractivity contribution in [3.63, 3.8) is 0 Å². The molecule has 0 aliphatic carbocycles. The molecule has 0 unspecified atom stereocenters. The van der Waals surface area contributed by atoms with Gasteiger partial charge in [-0.05, 0) is 6.92 Å². The van der Waals surface area contributed by atoms with E-state index in [0.29, 0.717) is 0 Å². The fourth-order valence-corrected chi connectivity index (χ4v) is 1.46. The molecule has 4 nitrogen and oxygen atoms in total. The Labute approximate surface area is 111 Å². The lowest BCUT2D eigenvalue weighted by molar-refractivity contribution is 0.103. The van der Waals surface area contributed by atoms with Crippen LogP contribution in [-0.2, 0) is 0 Å². The molecule has 0 aliphatic rings. The minimum Gasteiger partial charge on any atom is -0.450 e. The third-order valence-corrected chi connectivity index (χ3v) is 2.35. The van der Waals surface area contributed by atoms with Gasteiger partial charge in [-0.15, -0.1) is 0 Å². The molecule has 2 aromatic carbocycles. The second-order valence-electron chi connectivity index (χ2n) is 3.84. The van der Waals surface area contributed by atoms with Gasteiger partial charge in [-0.2, -0.15) is 0 Å². The maximum absolute atomic E-state index is 12.0. The molecule has 98 valence electrons. The molecule has 0 aliphatic heterocycles. The molecule has 0 amide bonds. The van der Waals surface area contributed by atoms with Crippen molar-refractivity contribution in [1.29, 1.82) is 0 Å². The van der Waals surface area contributed by atoms with Crippen molar-refractivity contribution >= 4 is 11.9 Å². The van der Waals surface area contributed by atoms with Gasteiger partial charge < -0.3 is 10.2 Å². The highest BCUT2D eigenvalue weighted by Crippen LogP contribution is 2.10. The Bertz CT molecular complexity index is 540. The van der Waals surface area contributed by atoms with Crippen LogP contribution in [-0.4, -0.2) is 22.2 Å². The molecule has 2 rings (SSSR count). The van der Waals surface area contributed by atoms with E-state index >= 15 is 0 Å². The zero-order chi connectivity index (χ0) is 14.3. The van der Waals surface area contributed by atoms with Gasteiger partial charge in [0.15, 0.2) is 5.78 Å². The van der Waals surface area contributed by atoms with Crippen molar-refractivity contribution in [2.45, 2.75) is 6.92 Å². The molecule has 4 heteroatoms. The second-order valence-corrected chi connectivity index (χ2v) is 3.84. The summed E-state index contributed by atoms with van der Waals surface area (Å²) in [5.41, 5.74) is 2.65. The molecule has 0 aromatic heterocycles. The van der Waals surface area contributed by atoms with Crippen molar-refractivity contribution in [2.24, 2.45) is 0 Å². The highest BCUT2D eigenvalue weighted by Gasteiger charge is 2.06. The molecule has 0 spiro atoms. The number of hydrogen-bond acceptors (Lipinski definition) is 2. The molecule has 0 fully saturated rings. The van der Waals surface area contributed by atoms with E-state index in [1.54, 1.807) is 0 Å². The third kappa shape index (κ3) is 5.04. The SMILES string of the molecule is Cc1ccc(C(=O)c2ccccc2)cc1.O=C(O)O. The Morgan fingerprint density at radius 2 is 1.21 bits per heavy atom. The highest BCUT2D eigenvalue weighted by atomic mass is 16.6. The predicted molar refractivity (Wildman–Crippen MR) is 71.7 cm³/mol. The number of ketones is 1. The molecule has 19 heavy (non-hydrogen) atoms. The Kier molecular flexibility index (Phi) is 5.29. The molecule has 0 heterocycles. The second kappa shape index (κ2) is 6.96. The molecule has 2 aromatic rings. The number of carbonyl (C=O) groups is 2. The Morgan fingerprint density at radius 3 is 1.68 bits per heavy atom. The lowest BCUT2D eigenvalue weighted by atomic mass is 10.0. The maximum Gasteiger partial charge on any atom is 0.503 e. The zero-order valence-electron chi connectivity index (χ0n) is 10.4. The third-order valence-electron chi connectivity index (χ3n) is 2.35. The summed E-state index contributed by atoms with van der Waals surface area (Å²) in [5, 5.41) is 13.9. The first-order valence-corrected chi connectivity index (χ1v) is 5.59. The van der Waals surface area contributed by atoms with E-state index in [4.69, 9.17) is 15.0 Å². The largest absolute Gasteiger partial charge is 0.503 e. The first-order valence-electron chi connectivity index (χ1n) is 5.59. The van der Waals surface area contributed by atoms with Gasteiger partial charge in [0.25, 0.3) is 0 Å². The lowest BCUT2D eigenvalue weighted by Crippen LogP contribution is -2.00. The molecule has 0 radical (unpaired) electrons. The van der Waals surface area contributed by atoms with Crippen LogP contribution >= 0.6 is 0 Å². The topological polar surface area (TPSA) is 74.6 Å². The van der Waals surface area contributed by atoms with Crippen LogP contribution in [0.25, 0.3) is 0 Å². The summed E-state index contributed by atoms with van der Waals surface area (Å²) >= 11 is 0. The van der Waals surface area contributed by atoms with Crippen LogP contribution in [0.15, 0.2) is 54.6 Å². The summed E-state index contributed by atoms with van der Waals surface area (Å²) < 4.78 is 0. The van der Waals surface area contributed by atoms with E-state index in [1.165, 1.54) is 5.56 Å². The van der Waals surface area contributed by atoms with Gasteiger partial charge in [-0.1, -0.05) is 60.2 Å². The summed E-state index contributed by atoms with van der Waals surface area (Å²) in [5.74, 6) is 0.0793. The molecule has 0 bridgehead atoms. The van der Waals surface area contributed by atoms with Crippen molar-refractivity contribution in [3.05, 3.63) is 71.3 Å². The van der Waals surface area contributed by atoms with Gasteiger partial charge in [-0.3, -0.25) is 4.79 Å². The number of carboxylic acid groups (broad SMARTS) is 2. The number of hydrogen-bond donors (Lipinski definition) is 2. The van der Waals surface area contributed by atoms with Crippen LogP contribution in [0.5, 0.6) is 0 Å². The summed E-state index contributed by atoms with van der Waals surface area (Å²) in [6, 6.07) is 17.0. The first kappa shape index (κ1) is 14.4. The molecule has 0 saturated heterocycles. The predicted octanol–water partition coefficient (Wildman–Crippen LogP) is 3.45. The average Bonchev–Trinajstić information content (AvgIpc) is 2.39. The number of rotatable bonds is 2. The Morgan fingerprint density at radius 1 is 0.789 bits per heavy atom. The van der Waals surface area contributed by atoms with Crippen molar-refractivity contribution in [2.75, 3.05) is 0 Å². The lowest BCUT2D eigenvalue weighted by Gasteiger charge is -2.00. The minimum absolute atomic E-state index is 0.0793.